The van der Waals surface area contributed by atoms with Gasteiger partial charge in [-0.15, -0.1) is 0 Å². The number of aliphatic hydroxyl groups excluding tert-OH is 3. The van der Waals surface area contributed by atoms with Gasteiger partial charge in [-0.25, -0.2) is 0 Å². The lowest BCUT2D eigenvalue weighted by Crippen LogP contribution is -2.59. The first-order chi connectivity index (χ1) is 30.6. The highest BCUT2D eigenvalue weighted by molar-refractivity contribution is 7.85. The number of primary amides is 1. The normalized spacial score (nSPS) is 23.7. The van der Waals surface area contributed by atoms with Gasteiger partial charge in [0.25, 0.3) is 0 Å². The quantitative estimate of drug-likeness (QED) is 0.0893. The predicted molar refractivity (Wildman–Crippen MR) is 229 cm³/mol. The van der Waals surface area contributed by atoms with E-state index in [1.807, 2.05) is 0 Å². The first-order valence-electron chi connectivity index (χ1n) is 20.9. The monoisotopic (exact) mass is 934 g/mol. The Morgan fingerprint density at radius 1 is 1.00 bits per heavy atom. The number of phenols is 1. The van der Waals surface area contributed by atoms with Gasteiger partial charge in [0.15, 0.2) is 0 Å². The molecule has 1 saturated heterocycles. The summed E-state index contributed by atoms with van der Waals surface area (Å²) in [5.74, 6) is -10.8. The second-order valence-corrected chi connectivity index (χ2v) is 17.6. The lowest BCUT2D eigenvalue weighted by molar-refractivity contribution is -0.138. The lowest BCUT2D eigenvalue weighted by Gasteiger charge is -2.29. The highest BCUT2D eigenvalue weighted by atomic mass is 32.2. The molecular weight excluding hydrogens is 877 g/mol. The van der Waals surface area contributed by atoms with Crippen LogP contribution >= 0.6 is 0 Å². The maximum Gasteiger partial charge on any atom is 0.245 e. The van der Waals surface area contributed by atoms with E-state index in [-0.39, 0.29) is 46.8 Å². The van der Waals surface area contributed by atoms with E-state index < -0.39 is 157 Å². The SMILES string of the molecule is CC[C@H](C)[C@@H]1NC(=O)CNC(=O)[C@H](NC(=O)[C@@H](NC(C)=O)[C@@H](C)[C@@H](O)CO)Cc2c([nH]c3cc(O)ccc23)S(=O)C[C@@H](C(=O)N[C@@H](CC(N)=O)C(=O)N2CC[C@@H](O)C2)NC(=O)CNC1=O. The van der Waals surface area contributed by atoms with E-state index in [0.29, 0.717) is 6.42 Å². The molecule has 0 radical (unpaired) electrons. The van der Waals surface area contributed by atoms with Gasteiger partial charge >= 0.3 is 0 Å². The van der Waals surface area contributed by atoms with Crippen molar-refractivity contribution in [2.45, 2.75) is 101 Å². The van der Waals surface area contributed by atoms with E-state index in [0.717, 1.165) is 6.92 Å². The number of aromatic nitrogens is 1. The van der Waals surface area contributed by atoms with Crippen molar-refractivity contribution < 1.29 is 67.8 Å². The largest absolute Gasteiger partial charge is 0.508 e. The van der Waals surface area contributed by atoms with Crippen LogP contribution in [0.25, 0.3) is 10.9 Å². The van der Waals surface area contributed by atoms with Gasteiger partial charge in [-0.05, 0) is 30.0 Å². The zero-order valence-electron chi connectivity index (χ0n) is 36.3. The van der Waals surface area contributed by atoms with Crippen molar-refractivity contribution in [2.24, 2.45) is 17.6 Å². The minimum atomic E-state index is -2.39. The van der Waals surface area contributed by atoms with Crippen LogP contribution in [0.15, 0.2) is 23.2 Å². The number of amides is 9. The predicted octanol–water partition coefficient (Wildman–Crippen LogP) is -5.28. The van der Waals surface area contributed by atoms with E-state index in [1.54, 1.807) is 13.8 Å². The van der Waals surface area contributed by atoms with Gasteiger partial charge in [0.2, 0.25) is 53.2 Å². The molecule has 14 N–H and O–H groups in total. The lowest BCUT2D eigenvalue weighted by atomic mass is 9.94. The van der Waals surface area contributed by atoms with Crippen LogP contribution in [0.1, 0.15) is 52.5 Å². The van der Waals surface area contributed by atoms with Crippen LogP contribution in [-0.2, 0) is 60.4 Å². The Hall–Kier alpha value is -6.18. The number of fused-ring (bicyclic) bond motifs is 3. The third kappa shape index (κ3) is 13.9. The molecule has 24 nitrogen and oxygen atoms in total. The molecule has 0 aliphatic carbocycles. The number of likely N-dealkylation sites (tertiary alicyclic amines) is 1. The van der Waals surface area contributed by atoms with Crippen LogP contribution in [-0.4, -0.2) is 169 Å². The van der Waals surface area contributed by atoms with Crippen LogP contribution in [0.3, 0.4) is 0 Å². The summed E-state index contributed by atoms with van der Waals surface area (Å²) in [6.07, 6.45) is -2.98. The second kappa shape index (κ2) is 23.1. The first-order valence-corrected chi connectivity index (χ1v) is 22.2. The number of H-pyrrole nitrogens is 1. The average molecular weight is 935 g/mol. The van der Waals surface area contributed by atoms with Gasteiger partial charge in [-0.2, -0.15) is 0 Å². The molecule has 1 unspecified atom stereocenters. The molecule has 0 bridgehead atoms. The summed E-state index contributed by atoms with van der Waals surface area (Å²) >= 11 is 0. The summed E-state index contributed by atoms with van der Waals surface area (Å²) in [6.45, 7) is 3.57. The molecule has 358 valence electrons. The number of nitrogens with one attached hydrogen (secondary N) is 8. The van der Waals surface area contributed by atoms with E-state index in [2.05, 4.69) is 42.2 Å². The third-order valence-electron chi connectivity index (χ3n) is 11.2. The van der Waals surface area contributed by atoms with Crippen molar-refractivity contribution in [1.82, 2.24) is 47.1 Å². The van der Waals surface area contributed by atoms with Crippen molar-refractivity contribution in [2.75, 3.05) is 38.5 Å². The second-order valence-electron chi connectivity index (χ2n) is 16.2. The van der Waals surface area contributed by atoms with E-state index in [1.165, 1.54) is 30.0 Å². The number of carbonyl (C=O) groups is 9. The number of aromatic amines is 1. The van der Waals surface area contributed by atoms with Gasteiger partial charge < -0.3 is 73.3 Å². The van der Waals surface area contributed by atoms with Crippen LogP contribution in [0, 0.1) is 11.8 Å². The number of carbonyl (C=O) groups excluding carboxylic acids is 9. The van der Waals surface area contributed by atoms with Crippen molar-refractivity contribution in [3.05, 3.63) is 23.8 Å². The van der Waals surface area contributed by atoms with Gasteiger partial charge in [0, 0.05) is 43.8 Å². The average Bonchev–Trinajstić information content (AvgIpc) is 3.85. The molecule has 3 heterocycles. The van der Waals surface area contributed by atoms with E-state index >= 15 is 0 Å². The number of aromatic hydroxyl groups is 1. The van der Waals surface area contributed by atoms with Crippen LogP contribution < -0.4 is 43.0 Å². The molecule has 25 heteroatoms. The number of benzene rings is 1. The molecule has 4 rings (SSSR count). The summed E-state index contributed by atoms with van der Waals surface area (Å²) in [6, 6.07) is -3.84. The molecule has 1 aromatic carbocycles. The highest BCUT2D eigenvalue weighted by Gasteiger charge is 2.38. The molecule has 65 heavy (non-hydrogen) atoms. The Balaban J connectivity index is 1.84. The Morgan fingerprint density at radius 3 is 2.26 bits per heavy atom. The fourth-order valence-electron chi connectivity index (χ4n) is 7.33. The first kappa shape index (κ1) is 51.5. The third-order valence-corrected chi connectivity index (χ3v) is 12.6. The minimum absolute atomic E-state index is 0.0767. The fourth-order valence-corrected chi connectivity index (χ4v) is 8.72. The number of aliphatic hydroxyl groups is 3. The number of nitrogens with zero attached hydrogens (tertiary/aromatic N) is 1. The smallest absolute Gasteiger partial charge is 0.245 e. The Labute approximate surface area is 375 Å². The highest BCUT2D eigenvalue weighted by Crippen LogP contribution is 2.30. The maximum absolute atomic E-state index is 14.6. The van der Waals surface area contributed by atoms with Crippen molar-refractivity contribution in [3.8, 4) is 5.75 Å². The summed E-state index contributed by atoms with van der Waals surface area (Å²) in [7, 11) is -2.39. The van der Waals surface area contributed by atoms with Crippen molar-refractivity contribution in [1.29, 1.82) is 0 Å². The fraction of sp³-hybridized carbons (Fsp3) is 0.575. The summed E-state index contributed by atoms with van der Waals surface area (Å²) < 4.78 is 14.6. The Morgan fingerprint density at radius 2 is 1.66 bits per heavy atom. The zero-order valence-corrected chi connectivity index (χ0v) is 37.1. The zero-order chi connectivity index (χ0) is 48.3. The molecule has 0 saturated carbocycles. The van der Waals surface area contributed by atoms with E-state index in [4.69, 9.17) is 5.73 Å². The number of nitrogens with two attached hydrogens (primary N) is 1. The summed E-state index contributed by atoms with van der Waals surface area (Å²) in [5, 5.41) is 57.6. The topological polar surface area (TPSA) is 381 Å². The molecule has 2 aliphatic heterocycles. The number of hydrogen-bond donors (Lipinski definition) is 13. The Bertz CT molecular complexity index is 2170. The van der Waals surface area contributed by atoms with E-state index in [9.17, 15) is 67.8 Å². The molecule has 9 amide bonds. The molecule has 2 aliphatic rings. The van der Waals surface area contributed by atoms with Crippen LogP contribution in [0.4, 0.5) is 0 Å². The standard InChI is InChI=1S/C40H58N10O14S/c1-5-18(2)33-37(61)43-13-31(57)45-28(36(60)47-27(12-30(41)56)40(63)50-9-8-22(54)15-50)17-65(64)39-24(23-7-6-21(53)10-25(23)48-39)11-26(35(59)42-14-32(58)49-33)46-38(62)34(44-20(4)52)19(3)29(55)16-51/h6-7,10,18-19,22,26-29,33-34,48,51,53-55H,5,8-9,11-17H2,1-4H3,(H2,41,56)(H,42,59)(H,43,61)(H,44,52)(H,45,57)(H,46,62)(H,47,60)(H,49,58)/t18-,19-,22+,26+,27-,28-,29-,33-,34-,65?/m0/s1. The molecule has 1 aromatic heterocycles. The molecular formula is C40H58N10O14S. The van der Waals surface area contributed by atoms with Crippen LogP contribution in [0.2, 0.25) is 0 Å². The maximum atomic E-state index is 14.6. The van der Waals surface area contributed by atoms with Crippen molar-refractivity contribution in [3.63, 3.8) is 0 Å². The van der Waals surface area contributed by atoms with Crippen LogP contribution in [0.5, 0.6) is 5.75 Å². The molecule has 10 atom stereocenters. The Kier molecular flexibility index (Phi) is 18.3. The number of rotatable bonds is 13. The minimum Gasteiger partial charge on any atom is -0.508 e. The van der Waals surface area contributed by atoms with Gasteiger partial charge in [0.1, 0.15) is 41.0 Å². The number of phenolic OH excluding ortho intramolecular Hbond substituents is 1. The summed E-state index contributed by atoms with van der Waals surface area (Å²) in [5.41, 5.74) is 5.66. The number of hydrogen-bond acceptors (Lipinski definition) is 14. The molecule has 0 spiro atoms. The van der Waals surface area contributed by atoms with Gasteiger partial charge in [0.05, 0.1) is 60.4 Å². The van der Waals surface area contributed by atoms with Crippen molar-refractivity contribution >= 4 is 74.9 Å². The van der Waals surface area contributed by atoms with Gasteiger partial charge in [-0.1, -0.05) is 27.2 Å². The molecule has 1 fully saturated rings. The molecule has 2 aromatic rings. The van der Waals surface area contributed by atoms with Gasteiger partial charge in [-0.3, -0.25) is 47.4 Å². The number of β-amino-alcohol motifs (C(OH)–C–C–N with tert-alkyl or cyclic N) is 1. The summed E-state index contributed by atoms with van der Waals surface area (Å²) in [4.78, 5) is 124.